The molecule has 23 heavy (non-hydrogen) atoms. The molecule has 0 amide bonds. The largest absolute Gasteiger partial charge is 0.455 e. The summed E-state index contributed by atoms with van der Waals surface area (Å²) in [6.07, 6.45) is 4.59. The molecule has 1 heterocycles. The van der Waals surface area contributed by atoms with Crippen LogP contribution in [0.3, 0.4) is 0 Å². The lowest BCUT2D eigenvalue weighted by Crippen LogP contribution is -2.04. The van der Waals surface area contributed by atoms with Crippen LogP contribution in [-0.2, 0) is 0 Å². The average Bonchev–Trinajstić information content (AvgIpc) is 3.02. The second-order valence-corrected chi connectivity index (χ2v) is 6.28. The van der Waals surface area contributed by atoms with Crippen molar-refractivity contribution in [1.29, 1.82) is 0 Å². The first-order valence-electron chi connectivity index (χ1n) is 8.21. The Hall–Kier alpha value is -2.54. The third kappa shape index (κ3) is 2.33. The van der Waals surface area contributed by atoms with E-state index >= 15 is 0 Å². The number of rotatable bonds is 2. The van der Waals surface area contributed by atoms with Gasteiger partial charge in [0.15, 0.2) is 0 Å². The normalized spacial score (nSPS) is 19.6. The van der Waals surface area contributed by atoms with Gasteiger partial charge in [-0.05, 0) is 0 Å². The van der Waals surface area contributed by atoms with Gasteiger partial charge < -0.3 is 4.42 Å². The van der Waals surface area contributed by atoms with Crippen LogP contribution < -0.4 is 0 Å². The predicted molar refractivity (Wildman–Crippen MR) is 95.6 cm³/mol. The van der Waals surface area contributed by atoms with Crippen LogP contribution in [0.5, 0.6) is 0 Å². The van der Waals surface area contributed by atoms with Gasteiger partial charge >= 0.3 is 0 Å². The molecule has 1 nitrogen and oxygen atoms in total. The number of allylic oxidation sites excluding steroid dienone is 2. The maximum Gasteiger partial charge on any atom is 0.138 e. The Labute approximate surface area is 137 Å². The van der Waals surface area contributed by atoms with Gasteiger partial charge in [0.1, 0.15) is 11.5 Å². The van der Waals surface area contributed by atoms with E-state index in [1.807, 2.05) is 12.1 Å². The number of benzene rings is 2. The Morgan fingerprint density at radius 2 is 1.00 bits per heavy atom. The van der Waals surface area contributed by atoms with Crippen LogP contribution in [0.2, 0.25) is 0 Å². The lowest BCUT2D eigenvalue weighted by Gasteiger charge is -2.19. The molecule has 1 aliphatic rings. The monoisotopic (exact) mass is 300 g/mol. The number of hydrogen-bond donors (Lipinski definition) is 0. The molecule has 0 saturated heterocycles. The molecule has 114 valence electrons. The van der Waals surface area contributed by atoms with Gasteiger partial charge in [-0.15, -0.1) is 0 Å². The van der Waals surface area contributed by atoms with Crippen LogP contribution in [0.4, 0.5) is 0 Å². The van der Waals surface area contributed by atoms with E-state index in [9.17, 15) is 0 Å². The first-order valence-corrected chi connectivity index (χ1v) is 8.21. The third-order valence-corrected chi connectivity index (χ3v) is 4.65. The first kappa shape index (κ1) is 14.1. The van der Waals surface area contributed by atoms with Gasteiger partial charge in [0, 0.05) is 34.1 Å². The summed E-state index contributed by atoms with van der Waals surface area (Å²) in [5, 5.41) is 0. The Balaban J connectivity index is 2.00. The van der Waals surface area contributed by atoms with Crippen molar-refractivity contribution in [3.05, 3.63) is 83.9 Å². The maximum atomic E-state index is 6.44. The van der Waals surface area contributed by atoms with Gasteiger partial charge in [0.05, 0.1) is 0 Å². The van der Waals surface area contributed by atoms with E-state index < -0.39 is 0 Å². The molecule has 3 aromatic rings. The van der Waals surface area contributed by atoms with E-state index in [0.29, 0.717) is 11.8 Å². The summed E-state index contributed by atoms with van der Waals surface area (Å²) in [5.41, 5.74) is 4.98. The smallest absolute Gasteiger partial charge is 0.138 e. The summed E-state index contributed by atoms with van der Waals surface area (Å²) >= 11 is 0. The van der Waals surface area contributed by atoms with Crippen molar-refractivity contribution in [3.8, 4) is 22.6 Å². The highest BCUT2D eigenvalue weighted by atomic mass is 16.3. The van der Waals surface area contributed by atoms with Crippen molar-refractivity contribution < 1.29 is 4.42 Å². The SMILES string of the molecule is CC1C=CC(C)c2c(-c3ccccc3)oc(-c3ccccc3)c21. The number of hydrogen-bond acceptors (Lipinski definition) is 1. The molecule has 0 fully saturated rings. The molecule has 2 aromatic carbocycles. The summed E-state index contributed by atoms with van der Waals surface area (Å²) in [7, 11) is 0. The fraction of sp³-hybridized carbons (Fsp3) is 0.182. The average molecular weight is 300 g/mol. The molecule has 0 aliphatic heterocycles. The molecule has 1 heteroatoms. The Kier molecular flexibility index (Phi) is 3.42. The van der Waals surface area contributed by atoms with Crippen molar-refractivity contribution in [3.63, 3.8) is 0 Å². The maximum absolute atomic E-state index is 6.44. The fourth-order valence-electron chi connectivity index (χ4n) is 3.49. The van der Waals surface area contributed by atoms with E-state index in [2.05, 4.69) is 74.5 Å². The first-order chi connectivity index (χ1) is 11.3. The molecule has 0 saturated carbocycles. The Morgan fingerprint density at radius 1 is 0.609 bits per heavy atom. The molecule has 2 atom stereocenters. The lowest BCUT2D eigenvalue weighted by atomic mass is 9.82. The molecule has 0 radical (unpaired) electrons. The molecular weight excluding hydrogens is 280 g/mol. The van der Waals surface area contributed by atoms with E-state index in [-0.39, 0.29) is 0 Å². The highest BCUT2D eigenvalue weighted by Gasteiger charge is 2.29. The van der Waals surface area contributed by atoms with Gasteiger partial charge in [0.25, 0.3) is 0 Å². The van der Waals surface area contributed by atoms with Gasteiger partial charge in [-0.2, -0.15) is 0 Å². The second-order valence-electron chi connectivity index (χ2n) is 6.28. The fourth-order valence-corrected chi connectivity index (χ4v) is 3.49. The number of furan rings is 1. The van der Waals surface area contributed by atoms with E-state index in [1.54, 1.807) is 0 Å². The van der Waals surface area contributed by atoms with Gasteiger partial charge in [-0.25, -0.2) is 0 Å². The lowest BCUT2D eigenvalue weighted by molar-refractivity contribution is 0.591. The highest BCUT2D eigenvalue weighted by molar-refractivity contribution is 5.75. The van der Waals surface area contributed by atoms with Gasteiger partial charge in [-0.1, -0.05) is 86.7 Å². The van der Waals surface area contributed by atoms with Crippen molar-refractivity contribution >= 4 is 0 Å². The quantitative estimate of drug-likeness (QED) is 0.500. The van der Waals surface area contributed by atoms with Crippen LogP contribution >= 0.6 is 0 Å². The molecule has 0 bridgehead atoms. The molecule has 2 unspecified atom stereocenters. The molecule has 0 spiro atoms. The minimum atomic E-state index is 0.373. The second kappa shape index (κ2) is 5.58. The molecule has 1 aromatic heterocycles. The van der Waals surface area contributed by atoms with Crippen molar-refractivity contribution in [2.24, 2.45) is 0 Å². The topological polar surface area (TPSA) is 13.1 Å². The summed E-state index contributed by atoms with van der Waals surface area (Å²) in [6, 6.07) is 20.9. The molecular formula is C22H20O. The summed E-state index contributed by atoms with van der Waals surface area (Å²) in [6.45, 7) is 4.50. The molecule has 1 aliphatic carbocycles. The van der Waals surface area contributed by atoms with Crippen LogP contribution in [0.1, 0.15) is 36.8 Å². The predicted octanol–water partition coefficient (Wildman–Crippen LogP) is 6.39. The van der Waals surface area contributed by atoms with Crippen LogP contribution in [0.25, 0.3) is 22.6 Å². The van der Waals surface area contributed by atoms with Crippen molar-refractivity contribution in [2.75, 3.05) is 0 Å². The number of fused-ring (bicyclic) bond motifs is 1. The van der Waals surface area contributed by atoms with Crippen LogP contribution in [0.15, 0.2) is 77.2 Å². The minimum absolute atomic E-state index is 0.373. The minimum Gasteiger partial charge on any atom is -0.455 e. The van der Waals surface area contributed by atoms with E-state index in [0.717, 1.165) is 22.6 Å². The van der Waals surface area contributed by atoms with Crippen molar-refractivity contribution in [1.82, 2.24) is 0 Å². The summed E-state index contributed by atoms with van der Waals surface area (Å²) in [4.78, 5) is 0. The summed E-state index contributed by atoms with van der Waals surface area (Å²) in [5.74, 6) is 2.78. The van der Waals surface area contributed by atoms with Crippen molar-refractivity contribution in [2.45, 2.75) is 25.7 Å². The third-order valence-electron chi connectivity index (χ3n) is 4.65. The summed E-state index contributed by atoms with van der Waals surface area (Å²) < 4.78 is 6.44. The zero-order chi connectivity index (χ0) is 15.8. The molecule has 4 rings (SSSR count). The highest BCUT2D eigenvalue weighted by Crippen LogP contribution is 2.47. The van der Waals surface area contributed by atoms with Gasteiger partial charge in [-0.3, -0.25) is 0 Å². The standard InChI is InChI=1S/C22H20O/c1-15-13-14-16(2)20-19(15)21(17-9-5-3-6-10-17)23-22(20)18-11-7-4-8-12-18/h3-16H,1-2H3. The van der Waals surface area contributed by atoms with E-state index in [1.165, 1.54) is 11.1 Å². The van der Waals surface area contributed by atoms with Crippen LogP contribution in [0, 0.1) is 0 Å². The van der Waals surface area contributed by atoms with Gasteiger partial charge in [0.2, 0.25) is 0 Å². The zero-order valence-electron chi connectivity index (χ0n) is 13.5. The van der Waals surface area contributed by atoms with E-state index in [4.69, 9.17) is 4.42 Å². The Bertz CT molecular complexity index is 770. The van der Waals surface area contributed by atoms with Crippen LogP contribution in [-0.4, -0.2) is 0 Å². The Morgan fingerprint density at radius 3 is 1.39 bits per heavy atom. The zero-order valence-corrected chi connectivity index (χ0v) is 13.5. The molecule has 0 N–H and O–H groups in total.